The third-order valence-corrected chi connectivity index (χ3v) is 1.91. The molecular weight excluding hydrogens is 217 g/mol. The van der Waals surface area contributed by atoms with Gasteiger partial charge in [0, 0.05) is 11.5 Å². The molecule has 0 amide bonds. The molecule has 0 bridgehead atoms. The van der Waals surface area contributed by atoms with Crippen molar-refractivity contribution in [3.8, 4) is 5.75 Å². The maximum atomic E-state index is 9.17. The van der Waals surface area contributed by atoms with E-state index in [-0.39, 0.29) is 5.75 Å². The number of aromatic hydroxyl groups is 1. The van der Waals surface area contributed by atoms with E-state index in [0.29, 0.717) is 16.0 Å². The quantitative estimate of drug-likeness (QED) is 0.740. The first-order chi connectivity index (χ1) is 4.75. The zero-order valence-electron chi connectivity index (χ0n) is 5.01. The van der Waals surface area contributed by atoms with Crippen LogP contribution in [0.2, 0.25) is 5.02 Å². The number of nitrogens with zero attached hydrogens (tertiary/aromatic N) is 1. The number of hydrogen-bond acceptors (Lipinski definition) is 2. The van der Waals surface area contributed by atoms with E-state index in [9.17, 15) is 5.11 Å². The van der Waals surface area contributed by atoms with Crippen molar-refractivity contribution in [2.24, 2.45) is 0 Å². The number of pyridine rings is 1. The van der Waals surface area contributed by atoms with Crippen LogP contribution in [0.25, 0.3) is 0 Å². The van der Waals surface area contributed by atoms with Crippen molar-refractivity contribution in [2.75, 3.05) is 0 Å². The first kappa shape index (κ1) is 7.82. The second-order valence-corrected chi connectivity index (χ2v) is 2.69. The fourth-order valence-corrected chi connectivity index (χ4v) is 1.14. The zero-order chi connectivity index (χ0) is 7.56. The highest BCUT2D eigenvalue weighted by Gasteiger charge is 2.03. The van der Waals surface area contributed by atoms with E-state index in [4.69, 9.17) is 11.6 Å². The van der Waals surface area contributed by atoms with Crippen LogP contribution in [0.4, 0.5) is 0 Å². The van der Waals surface area contributed by atoms with Gasteiger partial charge in [0.15, 0.2) is 5.75 Å². The van der Waals surface area contributed by atoms with Crippen molar-refractivity contribution in [3.63, 3.8) is 0 Å². The summed E-state index contributed by atoms with van der Waals surface area (Å²) in [7, 11) is 0. The summed E-state index contributed by atoms with van der Waals surface area (Å²) in [5.74, 6) is 0.0565. The first-order valence-electron chi connectivity index (χ1n) is 2.64. The van der Waals surface area contributed by atoms with Gasteiger partial charge in [0.25, 0.3) is 0 Å². The summed E-state index contributed by atoms with van der Waals surface area (Å²) in [6.45, 7) is 0. The van der Waals surface area contributed by atoms with Gasteiger partial charge in [-0.25, -0.2) is 0 Å². The summed E-state index contributed by atoms with van der Waals surface area (Å²) < 4.78 is 0. The summed E-state index contributed by atoms with van der Waals surface area (Å²) in [4.78, 5) is 3.88. The Morgan fingerprint density at radius 1 is 1.70 bits per heavy atom. The van der Waals surface area contributed by atoms with Crippen molar-refractivity contribution in [2.45, 2.75) is 5.33 Å². The highest BCUT2D eigenvalue weighted by atomic mass is 79.9. The summed E-state index contributed by atoms with van der Waals surface area (Å²) in [6.07, 6.45) is 1.55. The maximum Gasteiger partial charge on any atom is 0.156 e. The van der Waals surface area contributed by atoms with Gasteiger partial charge in [-0.1, -0.05) is 27.5 Å². The average Bonchev–Trinajstić information content (AvgIpc) is 1.95. The van der Waals surface area contributed by atoms with E-state index >= 15 is 0 Å². The Bertz CT molecular complexity index is 241. The van der Waals surface area contributed by atoms with Crippen LogP contribution in [-0.4, -0.2) is 10.1 Å². The summed E-state index contributed by atoms with van der Waals surface area (Å²) in [5, 5.41) is 10.0. The molecule has 1 heterocycles. The van der Waals surface area contributed by atoms with Crippen LogP contribution < -0.4 is 0 Å². The smallest absolute Gasteiger partial charge is 0.156 e. The molecule has 0 atom stereocenters. The lowest BCUT2D eigenvalue weighted by atomic mass is 10.3. The molecule has 1 aromatic rings. The molecule has 0 spiro atoms. The van der Waals surface area contributed by atoms with Crippen LogP contribution in [0, 0.1) is 0 Å². The van der Waals surface area contributed by atoms with Gasteiger partial charge in [-0.3, -0.25) is 4.98 Å². The molecule has 0 saturated carbocycles. The molecule has 0 fully saturated rings. The van der Waals surface area contributed by atoms with Crippen LogP contribution in [0.5, 0.6) is 5.75 Å². The van der Waals surface area contributed by atoms with Crippen molar-refractivity contribution < 1.29 is 5.11 Å². The highest BCUT2D eigenvalue weighted by Crippen LogP contribution is 2.26. The van der Waals surface area contributed by atoms with Gasteiger partial charge in [-0.15, -0.1) is 0 Å². The number of hydrogen-bond donors (Lipinski definition) is 1. The molecule has 1 rings (SSSR count). The van der Waals surface area contributed by atoms with E-state index in [2.05, 4.69) is 20.9 Å². The summed E-state index contributed by atoms with van der Waals surface area (Å²) in [5.41, 5.74) is 0.563. The van der Waals surface area contributed by atoms with E-state index in [0.717, 1.165) is 0 Å². The zero-order valence-corrected chi connectivity index (χ0v) is 7.35. The Balaban J connectivity index is 3.14. The molecule has 1 aromatic heterocycles. The molecule has 10 heavy (non-hydrogen) atoms. The topological polar surface area (TPSA) is 33.1 Å². The van der Waals surface area contributed by atoms with Gasteiger partial charge >= 0.3 is 0 Å². The van der Waals surface area contributed by atoms with Crippen LogP contribution in [0.1, 0.15) is 5.69 Å². The second-order valence-electron chi connectivity index (χ2n) is 1.72. The Hall–Kier alpha value is -0.280. The van der Waals surface area contributed by atoms with E-state index in [1.54, 1.807) is 12.3 Å². The van der Waals surface area contributed by atoms with Crippen molar-refractivity contribution in [1.82, 2.24) is 4.98 Å². The monoisotopic (exact) mass is 221 g/mol. The van der Waals surface area contributed by atoms with Gasteiger partial charge in [-0.05, 0) is 6.07 Å². The number of halogens is 2. The Morgan fingerprint density at radius 3 is 2.90 bits per heavy atom. The Morgan fingerprint density at radius 2 is 2.40 bits per heavy atom. The maximum absolute atomic E-state index is 9.17. The standard InChI is InChI=1S/C6H5BrClNO/c7-3-5-6(10)4(8)1-2-9-5/h1-2,10H,3H2. The molecule has 0 aliphatic rings. The molecule has 0 aliphatic carbocycles. The van der Waals surface area contributed by atoms with Gasteiger partial charge < -0.3 is 5.11 Å². The van der Waals surface area contributed by atoms with Gasteiger partial charge in [0.05, 0.1) is 10.7 Å². The second kappa shape index (κ2) is 3.21. The van der Waals surface area contributed by atoms with E-state index in [1.807, 2.05) is 0 Å². The predicted molar refractivity (Wildman–Crippen MR) is 43.5 cm³/mol. The molecular formula is C6H5BrClNO. The largest absolute Gasteiger partial charge is 0.505 e. The molecule has 1 N–H and O–H groups in total. The molecule has 54 valence electrons. The van der Waals surface area contributed by atoms with Crippen molar-refractivity contribution in [1.29, 1.82) is 0 Å². The third-order valence-electron chi connectivity index (χ3n) is 1.08. The minimum absolute atomic E-state index is 0.0565. The van der Waals surface area contributed by atoms with E-state index in [1.165, 1.54) is 0 Å². The fraction of sp³-hybridized carbons (Fsp3) is 0.167. The minimum Gasteiger partial charge on any atom is -0.505 e. The van der Waals surface area contributed by atoms with Crippen molar-refractivity contribution >= 4 is 27.5 Å². The lowest BCUT2D eigenvalue weighted by Gasteiger charge is -1.99. The molecule has 0 saturated heterocycles. The number of rotatable bonds is 1. The highest BCUT2D eigenvalue weighted by molar-refractivity contribution is 9.08. The fourth-order valence-electron chi connectivity index (χ4n) is 0.568. The van der Waals surface area contributed by atoms with Gasteiger partial charge in [0.1, 0.15) is 0 Å². The number of aromatic nitrogens is 1. The Labute approximate surface area is 72.0 Å². The molecule has 0 unspecified atom stereocenters. The molecule has 0 radical (unpaired) electrons. The van der Waals surface area contributed by atoms with Crippen LogP contribution in [-0.2, 0) is 5.33 Å². The van der Waals surface area contributed by atoms with Crippen LogP contribution in [0.3, 0.4) is 0 Å². The van der Waals surface area contributed by atoms with Crippen LogP contribution in [0.15, 0.2) is 12.3 Å². The predicted octanol–water partition coefficient (Wildman–Crippen LogP) is 2.34. The molecule has 0 aromatic carbocycles. The Kier molecular flexibility index (Phi) is 2.51. The average molecular weight is 222 g/mol. The normalized spacial score (nSPS) is 9.80. The molecule has 2 nitrogen and oxygen atoms in total. The number of alkyl halides is 1. The lowest BCUT2D eigenvalue weighted by molar-refractivity contribution is 0.467. The minimum atomic E-state index is 0.0565. The molecule has 0 aliphatic heterocycles. The molecule has 4 heteroatoms. The van der Waals surface area contributed by atoms with Crippen LogP contribution >= 0.6 is 27.5 Å². The van der Waals surface area contributed by atoms with E-state index < -0.39 is 0 Å². The SMILES string of the molecule is Oc1c(Cl)ccnc1CBr. The van der Waals surface area contributed by atoms with Crippen molar-refractivity contribution in [3.05, 3.63) is 23.0 Å². The third kappa shape index (κ3) is 1.41. The summed E-state index contributed by atoms with van der Waals surface area (Å²) >= 11 is 8.74. The first-order valence-corrected chi connectivity index (χ1v) is 4.14. The van der Waals surface area contributed by atoms with Gasteiger partial charge in [0.2, 0.25) is 0 Å². The summed E-state index contributed by atoms with van der Waals surface area (Å²) in [6, 6.07) is 1.54. The lowest BCUT2D eigenvalue weighted by Crippen LogP contribution is -1.84. The van der Waals surface area contributed by atoms with Gasteiger partial charge in [-0.2, -0.15) is 0 Å².